The summed E-state index contributed by atoms with van der Waals surface area (Å²) in [5.41, 5.74) is 0. The number of hydrogen-bond acceptors (Lipinski definition) is 2. The molecule has 0 bridgehead atoms. The summed E-state index contributed by atoms with van der Waals surface area (Å²) in [6.07, 6.45) is 1.01. The van der Waals surface area contributed by atoms with E-state index < -0.39 is 0 Å². The molecular formula is C8H19ClN2OS. The van der Waals surface area contributed by atoms with Gasteiger partial charge in [-0.25, -0.2) is 0 Å². The molecule has 0 atom stereocenters. The van der Waals surface area contributed by atoms with Crippen LogP contribution in [0.25, 0.3) is 0 Å². The fourth-order valence-electron chi connectivity index (χ4n) is 0.967. The molecule has 0 aromatic heterocycles. The van der Waals surface area contributed by atoms with Crippen molar-refractivity contribution < 1.29 is 4.79 Å². The Morgan fingerprint density at radius 2 is 1.85 bits per heavy atom. The predicted molar refractivity (Wildman–Crippen MR) is 62.0 cm³/mol. The van der Waals surface area contributed by atoms with Crippen molar-refractivity contribution in [3.8, 4) is 0 Å². The van der Waals surface area contributed by atoms with Crippen molar-refractivity contribution in [1.82, 2.24) is 9.80 Å². The van der Waals surface area contributed by atoms with E-state index >= 15 is 0 Å². The monoisotopic (exact) mass is 226 g/mol. The normalized spacial score (nSPS) is 9.62. The number of halogens is 1. The van der Waals surface area contributed by atoms with Crippen LogP contribution >= 0.6 is 25.0 Å². The maximum atomic E-state index is 10.8. The van der Waals surface area contributed by atoms with E-state index in [9.17, 15) is 4.79 Å². The first-order chi connectivity index (χ1) is 5.57. The summed E-state index contributed by atoms with van der Waals surface area (Å²) < 4.78 is 0. The minimum Gasteiger partial charge on any atom is -0.334 e. The van der Waals surface area contributed by atoms with E-state index in [1.54, 1.807) is 4.90 Å². The van der Waals surface area contributed by atoms with Crippen molar-refractivity contribution in [3.63, 3.8) is 0 Å². The number of rotatable bonds is 5. The number of carbonyl (C=O) groups is 1. The first kappa shape index (κ1) is 15.5. The van der Waals surface area contributed by atoms with Crippen molar-refractivity contribution in [2.45, 2.75) is 13.3 Å². The van der Waals surface area contributed by atoms with Gasteiger partial charge in [-0.2, -0.15) is 0 Å². The number of thiol groups is 1. The summed E-state index contributed by atoms with van der Waals surface area (Å²) in [5, 5.41) is -0.128. The topological polar surface area (TPSA) is 23.6 Å². The first-order valence-corrected chi connectivity index (χ1v) is 4.65. The van der Waals surface area contributed by atoms with Gasteiger partial charge < -0.3 is 9.80 Å². The lowest BCUT2D eigenvalue weighted by Crippen LogP contribution is -2.29. The maximum absolute atomic E-state index is 10.8. The Kier molecular flexibility index (Phi) is 10.3. The highest BCUT2D eigenvalue weighted by molar-refractivity contribution is 7.96. The Morgan fingerprint density at radius 1 is 1.31 bits per heavy atom. The molecule has 3 nitrogen and oxygen atoms in total. The number of amides is 1. The highest BCUT2D eigenvalue weighted by Crippen LogP contribution is 1.97. The molecule has 0 aliphatic heterocycles. The zero-order valence-electron chi connectivity index (χ0n) is 8.49. The van der Waals surface area contributed by atoms with Crippen molar-refractivity contribution in [2.75, 3.05) is 33.7 Å². The van der Waals surface area contributed by atoms with Crippen LogP contribution in [0.4, 0.5) is 4.79 Å². The minimum atomic E-state index is -0.128. The lowest BCUT2D eigenvalue weighted by Gasteiger charge is -2.19. The zero-order chi connectivity index (χ0) is 9.56. The van der Waals surface area contributed by atoms with Crippen molar-refractivity contribution in [1.29, 1.82) is 0 Å². The van der Waals surface area contributed by atoms with Crippen LogP contribution in [0.2, 0.25) is 0 Å². The summed E-state index contributed by atoms with van der Waals surface area (Å²) in [6.45, 7) is 4.52. The van der Waals surface area contributed by atoms with Crippen LogP contribution in [0.1, 0.15) is 13.3 Å². The second-order valence-corrected chi connectivity index (χ2v) is 3.40. The summed E-state index contributed by atoms with van der Waals surface area (Å²) in [4.78, 5) is 14.7. The highest BCUT2D eigenvalue weighted by Gasteiger charge is 2.05. The molecule has 5 heteroatoms. The van der Waals surface area contributed by atoms with Gasteiger partial charge in [0.25, 0.3) is 5.24 Å². The van der Waals surface area contributed by atoms with Crippen LogP contribution < -0.4 is 0 Å². The lowest BCUT2D eigenvalue weighted by molar-refractivity contribution is 0.223. The van der Waals surface area contributed by atoms with Crippen molar-refractivity contribution in [2.24, 2.45) is 0 Å². The van der Waals surface area contributed by atoms with E-state index in [0.717, 1.165) is 26.1 Å². The molecule has 0 aliphatic rings. The third-order valence-electron chi connectivity index (χ3n) is 1.69. The molecule has 0 rings (SSSR count). The zero-order valence-corrected chi connectivity index (χ0v) is 10.2. The van der Waals surface area contributed by atoms with Gasteiger partial charge in [-0.1, -0.05) is 12.6 Å². The molecule has 0 aromatic carbocycles. The third kappa shape index (κ3) is 8.40. The summed E-state index contributed by atoms with van der Waals surface area (Å²) in [6, 6.07) is 0. The first-order valence-electron chi connectivity index (χ1n) is 4.20. The van der Waals surface area contributed by atoms with Gasteiger partial charge >= 0.3 is 0 Å². The SMILES string of the molecule is CCN(CCCN(C)C)C(=O)S.Cl. The molecule has 0 aliphatic carbocycles. The molecule has 0 saturated carbocycles. The molecule has 0 spiro atoms. The minimum absolute atomic E-state index is 0. The predicted octanol–water partition coefficient (Wildman–Crippen LogP) is 1.73. The van der Waals surface area contributed by atoms with E-state index in [2.05, 4.69) is 17.5 Å². The molecule has 1 amide bonds. The molecule has 0 aromatic rings. The van der Waals surface area contributed by atoms with Gasteiger partial charge in [-0.05, 0) is 34.0 Å². The Hall–Kier alpha value is 0.0700. The second-order valence-electron chi connectivity index (χ2n) is 3.02. The van der Waals surface area contributed by atoms with Crippen LogP contribution in [0.5, 0.6) is 0 Å². The van der Waals surface area contributed by atoms with Crippen molar-refractivity contribution in [3.05, 3.63) is 0 Å². The largest absolute Gasteiger partial charge is 0.334 e. The number of hydrogen-bond donors (Lipinski definition) is 1. The van der Waals surface area contributed by atoms with Crippen LogP contribution in [0.3, 0.4) is 0 Å². The van der Waals surface area contributed by atoms with Gasteiger partial charge in [0.15, 0.2) is 0 Å². The van der Waals surface area contributed by atoms with Gasteiger partial charge in [0, 0.05) is 13.1 Å². The Bertz CT molecular complexity index is 144. The fraction of sp³-hybridized carbons (Fsp3) is 0.875. The van der Waals surface area contributed by atoms with Crippen LogP contribution in [0.15, 0.2) is 0 Å². The molecule has 0 heterocycles. The third-order valence-corrected chi connectivity index (χ3v) is 1.97. The Morgan fingerprint density at radius 3 is 2.15 bits per heavy atom. The molecule has 0 radical (unpaired) electrons. The molecule has 13 heavy (non-hydrogen) atoms. The van der Waals surface area contributed by atoms with E-state index in [0.29, 0.717) is 0 Å². The molecule has 0 fully saturated rings. The van der Waals surface area contributed by atoms with Gasteiger partial charge in [-0.15, -0.1) is 12.4 Å². The Balaban J connectivity index is 0. The summed E-state index contributed by atoms with van der Waals surface area (Å²) >= 11 is 3.77. The average molecular weight is 227 g/mol. The maximum Gasteiger partial charge on any atom is 0.278 e. The van der Waals surface area contributed by atoms with E-state index in [-0.39, 0.29) is 17.6 Å². The van der Waals surface area contributed by atoms with E-state index in [4.69, 9.17) is 0 Å². The van der Waals surface area contributed by atoms with Gasteiger partial charge in [0.2, 0.25) is 0 Å². The van der Waals surface area contributed by atoms with Gasteiger partial charge in [0.05, 0.1) is 0 Å². The molecule has 80 valence electrons. The number of carbonyl (C=O) groups excluding carboxylic acids is 1. The Labute approximate surface area is 92.3 Å². The molecule has 0 unspecified atom stereocenters. The van der Waals surface area contributed by atoms with Crippen LogP contribution in [0, 0.1) is 0 Å². The second kappa shape index (κ2) is 8.66. The lowest BCUT2D eigenvalue weighted by atomic mass is 10.4. The van der Waals surface area contributed by atoms with E-state index in [1.165, 1.54) is 0 Å². The van der Waals surface area contributed by atoms with Gasteiger partial charge in [0.1, 0.15) is 0 Å². The van der Waals surface area contributed by atoms with Crippen LogP contribution in [-0.4, -0.2) is 48.8 Å². The average Bonchev–Trinajstić information content (AvgIpc) is 1.96. The van der Waals surface area contributed by atoms with E-state index in [1.807, 2.05) is 21.0 Å². The molecular weight excluding hydrogens is 208 g/mol. The summed E-state index contributed by atoms with van der Waals surface area (Å²) in [5.74, 6) is 0. The summed E-state index contributed by atoms with van der Waals surface area (Å²) in [7, 11) is 4.05. The highest BCUT2D eigenvalue weighted by atomic mass is 35.5. The van der Waals surface area contributed by atoms with Crippen LogP contribution in [-0.2, 0) is 0 Å². The quantitative estimate of drug-likeness (QED) is 0.722. The smallest absolute Gasteiger partial charge is 0.278 e. The molecule has 0 saturated heterocycles. The van der Waals surface area contributed by atoms with Gasteiger partial charge in [-0.3, -0.25) is 4.79 Å². The molecule has 0 N–H and O–H groups in total. The van der Waals surface area contributed by atoms with Crippen molar-refractivity contribution >= 4 is 30.3 Å². The standard InChI is InChI=1S/C8H18N2OS.ClH/c1-4-10(8(11)12)7-5-6-9(2)3;/h4-7H2,1-3H3,(H,11,12);1H. The number of nitrogens with zero attached hydrogens (tertiary/aromatic N) is 2. The fourth-order valence-corrected chi connectivity index (χ4v) is 1.21.